The molecule has 0 amide bonds. The van der Waals surface area contributed by atoms with Crippen LogP contribution >= 0.6 is 0 Å². The minimum absolute atomic E-state index is 0.0186. The van der Waals surface area contributed by atoms with Crippen LogP contribution in [0.5, 0.6) is 0 Å². The van der Waals surface area contributed by atoms with Crippen molar-refractivity contribution in [2.75, 3.05) is 41.0 Å². The van der Waals surface area contributed by atoms with E-state index in [-0.39, 0.29) is 42.7 Å². The number of esters is 2. The van der Waals surface area contributed by atoms with Crippen LogP contribution in [-0.2, 0) is 28.6 Å². The van der Waals surface area contributed by atoms with E-state index in [0.29, 0.717) is 19.3 Å². The largest absolute Gasteiger partial charge is 0.544 e. The summed E-state index contributed by atoms with van der Waals surface area (Å²) in [5, 5.41) is 11.6. The van der Waals surface area contributed by atoms with Gasteiger partial charge in [0.15, 0.2) is 6.10 Å². The molecule has 0 fully saturated rings. The zero-order valence-corrected chi connectivity index (χ0v) is 39.3. The normalized spacial score (nSPS) is 13.8. The number of carboxylic acid groups (broad SMARTS) is 1. The van der Waals surface area contributed by atoms with E-state index in [4.69, 9.17) is 14.2 Å². The molecule has 0 aliphatic carbocycles. The van der Waals surface area contributed by atoms with E-state index >= 15 is 0 Å². The molecular formula is C53H87NO7. The van der Waals surface area contributed by atoms with E-state index in [0.717, 1.165) is 51.4 Å². The Morgan fingerprint density at radius 1 is 0.508 bits per heavy atom. The molecule has 8 nitrogen and oxygen atoms in total. The average Bonchev–Trinajstić information content (AvgIpc) is 3.22. The first-order valence-corrected chi connectivity index (χ1v) is 23.9. The molecular weight excluding hydrogens is 763 g/mol. The molecule has 8 heteroatoms. The summed E-state index contributed by atoms with van der Waals surface area (Å²) in [6.07, 6.45) is 57.1. The summed E-state index contributed by atoms with van der Waals surface area (Å²) < 4.78 is 17.2. The first-order valence-electron chi connectivity index (χ1n) is 23.9. The lowest BCUT2D eigenvalue weighted by Crippen LogP contribution is -2.55. The summed E-state index contributed by atoms with van der Waals surface area (Å²) in [5.41, 5.74) is 0. The topological polar surface area (TPSA) is 102 Å². The number of carboxylic acids is 1. The Labute approximate surface area is 373 Å². The second-order valence-electron chi connectivity index (χ2n) is 16.8. The molecule has 61 heavy (non-hydrogen) atoms. The number of ether oxygens (including phenoxy) is 3. The van der Waals surface area contributed by atoms with Crippen molar-refractivity contribution in [3.05, 3.63) is 97.2 Å². The molecule has 0 saturated heterocycles. The first kappa shape index (κ1) is 57.2. The van der Waals surface area contributed by atoms with Gasteiger partial charge in [-0.1, -0.05) is 188 Å². The lowest BCUT2D eigenvalue weighted by molar-refractivity contribution is -0.889. The van der Waals surface area contributed by atoms with E-state index < -0.39 is 18.1 Å². The SMILES string of the molecule is CC/C=C/C=C/C=C/C=C/C=C/C=C/CCCCCC(=O)OCC(COCCC(C(=O)[O-])[N+](C)(C)C)OC(=O)CCCCCCCCCCCC/C=C/C=C/CCCCCC. The van der Waals surface area contributed by atoms with Crippen LogP contribution in [0.4, 0.5) is 0 Å². The molecule has 0 spiro atoms. The molecule has 346 valence electrons. The van der Waals surface area contributed by atoms with Crippen LogP contribution in [-0.4, -0.2) is 75.5 Å². The highest BCUT2D eigenvalue weighted by atomic mass is 16.6. The van der Waals surface area contributed by atoms with Gasteiger partial charge in [-0.25, -0.2) is 0 Å². The Kier molecular flexibility index (Phi) is 40.3. The van der Waals surface area contributed by atoms with Gasteiger partial charge in [0.2, 0.25) is 0 Å². The number of allylic oxidation sites excluding steroid dienone is 16. The Hall–Kier alpha value is -3.75. The van der Waals surface area contributed by atoms with Crippen molar-refractivity contribution in [1.82, 2.24) is 0 Å². The van der Waals surface area contributed by atoms with Gasteiger partial charge >= 0.3 is 11.9 Å². The highest BCUT2D eigenvalue weighted by Gasteiger charge is 2.25. The standard InChI is InChI=1S/C53H87NO7/c1-6-8-10-12-14-16-18-20-22-24-25-26-28-30-32-34-36-38-40-42-44-52(56)61-49(47-59-46-45-50(53(57)58)54(3,4)5)48-60-51(55)43-41-39-37-35-33-31-29-27-23-21-19-17-15-13-11-9-7-2/h9,11,13,15-23,27,29,31,33,49-50H,6-8,10,12,14,24-26,28,30,32,34-48H2,1-5H3/b11-9+,15-13+,18-16+,19-17+,22-20+,23-21+,29-27+,33-31+. The highest BCUT2D eigenvalue weighted by molar-refractivity contribution is 5.70. The van der Waals surface area contributed by atoms with Crippen LogP contribution in [0.1, 0.15) is 168 Å². The molecule has 0 bridgehead atoms. The number of carbonyl (C=O) groups excluding carboxylic acids is 3. The molecule has 0 saturated carbocycles. The molecule has 0 radical (unpaired) electrons. The van der Waals surface area contributed by atoms with Gasteiger partial charge in [-0.05, 0) is 57.8 Å². The minimum Gasteiger partial charge on any atom is -0.544 e. The number of rotatable bonds is 41. The maximum Gasteiger partial charge on any atom is 0.306 e. The van der Waals surface area contributed by atoms with Crippen molar-refractivity contribution < 1.29 is 38.2 Å². The third-order valence-electron chi connectivity index (χ3n) is 10.1. The summed E-state index contributed by atoms with van der Waals surface area (Å²) in [7, 11) is 5.38. The fourth-order valence-electron chi connectivity index (χ4n) is 6.45. The molecule has 0 aromatic rings. The van der Waals surface area contributed by atoms with E-state index in [1.54, 1.807) is 21.1 Å². The van der Waals surface area contributed by atoms with Gasteiger partial charge in [0, 0.05) is 19.3 Å². The quantitative estimate of drug-likeness (QED) is 0.0261. The molecule has 0 aromatic heterocycles. The molecule has 2 unspecified atom stereocenters. The Bertz CT molecular complexity index is 1310. The fourth-order valence-corrected chi connectivity index (χ4v) is 6.45. The third kappa shape index (κ3) is 41.4. The summed E-state index contributed by atoms with van der Waals surface area (Å²) in [4.78, 5) is 37.0. The molecule has 0 N–H and O–H groups in total. The van der Waals surface area contributed by atoms with Crippen molar-refractivity contribution in [1.29, 1.82) is 0 Å². The second kappa shape index (κ2) is 42.9. The van der Waals surface area contributed by atoms with Gasteiger partial charge in [-0.3, -0.25) is 9.59 Å². The smallest absolute Gasteiger partial charge is 0.306 e. The zero-order valence-electron chi connectivity index (χ0n) is 39.3. The Balaban J connectivity index is 4.40. The van der Waals surface area contributed by atoms with Crippen molar-refractivity contribution in [2.45, 2.75) is 180 Å². The molecule has 2 atom stereocenters. The molecule has 0 aliphatic rings. The van der Waals surface area contributed by atoms with Gasteiger partial charge < -0.3 is 28.6 Å². The van der Waals surface area contributed by atoms with Crippen LogP contribution in [0.2, 0.25) is 0 Å². The van der Waals surface area contributed by atoms with Gasteiger partial charge in [0.05, 0.1) is 40.3 Å². The van der Waals surface area contributed by atoms with Gasteiger partial charge in [-0.15, -0.1) is 0 Å². The summed E-state index contributed by atoms with van der Waals surface area (Å²) in [6, 6.07) is -0.739. The monoisotopic (exact) mass is 850 g/mol. The fraction of sp³-hybridized carbons (Fsp3) is 0.642. The maximum atomic E-state index is 12.8. The van der Waals surface area contributed by atoms with Gasteiger partial charge in [0.1, 0.15) is 12.6 Å². The van der Waals surface area contributed by atoms with Crippen LogP contribution in [0.3, 0.4) is 0 Å². The lowest BCUT2D eigenvalue weighted by Gasteiger charge is -2.34. The average molecular weight is 850 g/mol. The number of unbranched alkanes of at least 4 members (excludes halogenated alkanes) is 17. The van der Waals surface area contributed by atoms with Crippen molar-refractivity contribution in [3.8, 4) is 0 Å². The molecule has 0 aromatic carbocycles. The molecule has 0 rings (SSSR count). The second-order valence-corrected chi connectivity index (χ2v) is 16.8. The van der Waals surface area contributed by atoms with Crippen LogP contribution in [0.25, 0.3) is 0 Å². The Morgan fingerprint density at radius 2 is 0.918 bits per heavy atom. The van der Waals surface area contributed by atoms with E-state index in [9.17, 15) is 19.5 Å². The van der Waals surface area contributed by atoms with E-state index in [1.807, 2.05) is 60.8 Å². The van der Waals surface area contributed by atoms with Crippen molar-refractivity contribution in [3.63, 3.8) is 0 Å². The molecule has 0 heterocycles. The van der Waals surface area contributed by atoms with Gasteiger partial charge in [-0.2, -0.15) is 0 Å². The number of aliphatic carboxylic acids is 1. The predicted molar refractivity (Wildman–Crippen MR) is 254 cm³/mol. The first-order chi connectivity index (χ1) is 29.6. The number of likely N-dealkylation sites (N-methyl/N-ethyl adjacent to an activating group) is 1. The van der Waals surface area contributed by atoms with Crippen LogP contribution in [0.15, 0.2) is 97.2 Å². The minimum atomic E-state index is -1.14. The summed E-state index contributed by atoms with van der Waals surface area (Å²) in [5.74, 6) is -1.81. The number of quaternary nitrogens is 1. The Morgan fingerprint density at radius 3 is 1.39 bits per heavy atom. The maximum absolute atomic E-state index is 12.8. The lowest BCUT2D eigenvalue weighted by atomic mass is 10.1. The number of nitrogens with zero attached hydrogens (tertiary/aromatic N) is 1. The van der Waals surface area contributed by atoms with Crippen LogP contribution < -0.4 is 5.11 Å². The van der Waals surface area contributed by atoms with Crippen molar-refractivity contribution in [2.24, 2.45) is 0 Å². The third-order valence-corrected chi connectivity index (χ3v) is 10.1. The number of hydrogen-bond acceptors (Lipinski definition) is 7. The van der Waals surface area contributed by atoms with E-state index in [1.165, 1.54) is 77.0 Å². The number of hydrogen-bond donors (Lipinski definition) is 0. The summed E-state index contributed by atoms with van der Waals surface area (Å²) in [6.45, 7) is 4.44. The van der Waals surface area contributed by atoms with Crippen LogP contribution in [0, 0.1) is 0 Å². The zero-order chi connectivity index (χ0) is 44.9. The highest BCUT2D eigenvalue weighted by Crippen LogP contribution is 2.14. The summed E-state index contributed by atoms with van der Waals surface area (Å²) >= 11 is 0. The van der Waals surface area contributed by atoms with Crippen molar-refractivity contribution >= 4 is 17.9 Å². The predicted octanol–water partition coefficient (Wildman–Crippen LogP) is 12.1. The van der Waals surface area contributed by atoms with E-state index in [2.05, 4.69) is 50.3 Å². The number of carbonyl (C=O) groups is 3. The molecule has 0 aliphatic heterocycles. The van der Waals surface area contributed by atoms with Gasteiger partial charge in [0.25, 0.3) is 0 Å².